The summed E-state index contributed by atoms with van der Waals surface area (Å²) < 4.78 is 0. The summed E-state index contributed by atoms with van der Waals surface area (Å²) in [5.74, 6) is 0.653. The summed E-state index contributed by atoms with van der Waals surface area (Å²) in [7, 11) is 0. The van der Waals surface area contributed by atoms with Crippen LogP contribution in [0.1, 0.15) is 36.8 Å². The van der Waals surface area contributed by atoms with Gasteiger partial charge in [0.25, 0.3) is 0 Å². The standard InChI is InChI=1S/C20H24N2O3S.BrH/c23-18-3-1-2-13(11-18)8-15-6-7-26-19(15)22(20(24)25)12-14-9-16-4-5-17(10-14)21-16;/h1-3,6-7,11,14,16-17,21,23H,4-5,8-10,12H2,(H,24,25);1H. The molecule has 0 aliphatic carbocycles. The highest BCUT2D eigenvalue weighted by atomic mass is 79.9. The van der Waals surface area contributed by atoms with Crippen LogP contribution in [0.2, 0.25) is 0 Å². The monoisotopic (exact) mass is 452 g/mol. The second-order valence-corrected chi connectivity index (χ2v) is 8.36. The number of carboxylic acid groups (broad SMARTS) is 1. The molecule has 4 rings (SSSR count). The van der Waals surface area contributed by atoms with Crippen LogP contribution in [0.5, 0.6) is 5.75 Å². The molecule has 3 N–H and O–H groups in total. The van der Waals surface area contributed by atoms with Crippen molar-refractivity contribution in [3.63, 3.8) is 0 Å². The molecule has 1 amide bonds. The van der Waals surface area contributed by atoms with Gasteiger partial charge >= 0.3 is 6.09 Å². The summed E-state index contributed by atoms with van der Waals surface area (Å²) in [5, 5.41) is 25.9. The minimum Gasteiger partial charge on any atom is -0.508 e. The molecule has 1 aromatic carbocycles. The van der Waals surface area contributed by atoms with Gasteiger partial charge in [-0.2, -0.15) is 0 Å². The lowest BCUT2D eigenvalue weighted by atomic mass is 9.92. The van der Waals surface area contributed by atoms with Crippen LogP contribution in [-0.4, -0.2) is 34.9 Å². The van der Waals surface area contributed by atoms with Crippen LogP contribution < -0.4 is 10.2 Å². The number of carbonyl (C=O) groups is 1. The average Bonchev–Trinajstić information content (AvgIpc) is 3.18. The fourth-order valence-electron chi connectivity index (χ4n) is 4.42. The van der Waals surface area contributed by atoms with Crippen LogP contribution in [0, 0.1) is 5.92 Å². The third kappa shape index (κ3) is 4.65. The predicted molar refractivity (Wildman–Crippen MR) is 114 cm³/mol. The smallest absolute Gasteiger partial charge is 0.412 e. The number of fused-ring (bicyclic) bond motifs is 2. The molecular weight excluding hydrogens is 428 g/mol. The fraction of sp³-hybridized carbons (Fsp3) is 0.450. The second-order valence-electron chi connectivity index (χ2n) is 7.47. The van der Waals surface area contributed by atoms with Crippen molar-refractivity contribution in [3.05, 3.63) is 46.8 Å². The Bertz CT molecular complexity index is 785. The summed E-state index contributed by atoms with van der Waals surface area (Å²) >= 11 is 1.48. The fourth-order valence-corrected chi connectivity index (χ4v) is 5.35. The highest BCUT2D eigenvalue weighted by molar-refractivity contribution is 8.93. The maximum atomic E-state index is 12.0. The Balaban J connectivity index is 0.00000210. The summed E-state index contributed by atoms with van der Waals surface area (Å²) in [5.41, 5.74) is 1.98. The zero-order valence-corrected chi connectivity index (χ0v) is 17.5. The maximum absolute atomic E-state index is 12.0. The minimum atomic E-state index is -0.879. The van der Waals surface area contributed by atoms with E-state index in [1.807, 2.05) is 23.6 Å². The van der Waals surface area contributed by atoms with Crippen molar-refractivity contribution >= 4 is 39.4 Å². The summed E-state index contributed by atoms with van der Waals surface area (Å²) in [6.07, 6.45) is 4.30. The quantitative estimate of drug-likeness (QED) is 0.617. The van der Waals surface area contributed by atoms with E-state index in [4.69, 9.17) is 0 Å². The summed E-state index contributed by atoms with van der Waals surface area (Å²) in [6, 6.07) is 10.3. The lowest BCUT2D eigenvalue weighted by molar-refractivity contribution is 0.198. The van der Waals surface area contributed by atoms with E-state index in [2.05, 4.69) is 5.32 Å². The Hall–Kier alpha value is -1.57. The zero-order valence-electron chi connectivity index (χ0n) is 15.0. The molecule has 146 valence electrons. The Labute approximate surface area is 173 Å². The van der Waals surface area contributed by atoms with Gasteiger partial charge in [0, 0.05) is 25.0 Å². The Morgan fingerprint density at radius 2 is 1.96 bits per heavy atom. The highest BCUT2D eigenvalue weighted by Gasteiger charge is 2.35. The van der Waals surface area contributed by atoms with Crippen molar-refractivity contribution in [1.82, 2.24) is 5.32 Å². The van der Waals surface area contributed by atoms with Gasteiger partial charge in [0.2, 0.25) is 0 Å². The number of phenolic OH excluding ortho intramolecular Hbond substituents is 1. The van der Waals surface area contributed by atoms with Gasteiger partial charge in [-0.25, -0.2) is 4.79 Å². The molecule has 0 radical (unpaired) electrons. The Morgan fingerprint density at radius 1 is 1.22 bits per heavy atom. The van der Waals surface area contributed by atoms with Gasteiger partial charge in [-0.1, -0.05) is 12.1 Å². The first-order valence-electron chi connectivity index (χ1n) is 9.19. The number of aromatic hydroxyl groups is 1. The number of nitrogens with zero attached hydrogens (tertiary/aromatic N) is 1. The number of nitrogens with one attached hydrogen (secondary N) is 1. The predicted octanol–water partition coefficient (Wildman–Crippen LogP) is 4.64. The summed E-state index contributed by atoms with van der Waals surface area (Å²) in [6.45, 7) is 0.567. The lowest BCUT2D eigenvalue weighted by Gasteiger charge is -2.32. The molecule has 2 aliphatic heterocycles. The number of piperidine rings is 1. The van der Waals surface area contributed by atoms with Gasteiger partial charge in [0.15, 0.2) is 0 Å². The van der Waals surface area contributed by atoms with Crippen LogP contribution >= 0.6 is 28.3 Å². The molecule has 1 aromatic heterocycles. The lowest BCUT2D eigenvalue weighted by Crippen LogP contribution is -2.43. The summed E-state index contributed by atoms with van der Waals surface area (Å²) in [4.78, 5) is 13.5. The van der Waals surface area contributed by atoms with Gasteiger partial charge in [-0.15, -0.1) is 28.3 Å². The van der Waals surface area contributed by atoms with Crippen molar-refractivity contribution in [1.29, 1.82) is 0 Å². The molecule has 2 unspecified atom stereocenters. The van der Waals surface area contributed by atoms with Gasteiger partial charge in [0.1, 0.15) is 10.8 Å². The molecule has 3 heterocycles. The largest absolute Gasteiger partial charge is 0.508 e. The van der Waals surface area contributed by atoms with Crippen molar-refractivity contribution in [2.45, 2.75) is 44.2 Å². The highest BCUT2D eigenvalue weighted by Crippen LogP contribution is 2.35. The molecule has 7 heteroatoms. The second kappa shape index (κ2) is 8.63. The van der Waals surface area contributed by atoms with E-state index in [1.165, 1.54) is 29.1 Å². The number of thiophene rings is 1. The number of amides is 1. The van der Waals surface area contributed by atoms with E-state index >= 15 is 0 Å². The number of hydrogen-bond donors (Lipinski definition) is 3. The molecule has 27 heavy (non-hydrogen) atoms. The minimum absolute atomic E-state index is 0. The van der Waals surface area contributed by atoms with Crippen molar-refractivity contribution in [2.75, 3.05) is 11.4 Å². The normalized spacial score (nSPS) is 23.6. The maximum Gasteiger partial charge on any atom is 0.412 e. The first kappa shape index (κ1) is 20.2. The Morgan fingerprint density at radius 3 is 2.63 bits per heavy atom. The molecular formula is C20H25BrN2O3S. The molecule has 2 saturated heterocycles. The topological polar surface area (TPSA) is 72.8 Å². The zero-order chi connectivity index (χ0) is 18.1. The molecule has 0 saturated carbocycles. The molecule has 2 bridgehead atoms. The van der Waals surface area contributed by atoms with Crippen molar-refractivity contribution in [3.8, 4) is 5.75 Å². The number of halogens is 1. The van der Waals surface area contributed by atoms with E-state index in [0.717, 1.165) is 29.0 Å². The third-order valence-corrected chi connectivity index (χ3v) is 6.49. The van der Waals surface area contributed by atoms with Crippen molar-refractivity contribution < 1.29 is 15.0 Å². The SMILES string of the molecule is Br.O=C(O)N(CC1CC2CCC(C1)N2)c1sccc1Cc1cccc(O)c1. The van der Waals surface area contributed by atoms with Crippen molar-refractivity contribution in [2.24, 2.45) is 5.92 Å². The van der Waals surface area contributed by atoms with E-state index in [0.29, 0.717) is 31.0 Å². The van der Waals surface area contributed by atoms with Gasteiger partial charge < -0.3 is 15.5 Å². The number of phenols is 1. The number of hydrogen-bond acceptors (Lipinski definition) is 4. The molecule has 2 atom stereocenters. The number of benzene rings is 1. The van der Waals surface area contributed by atoms with Crippen LogP contribution in [-0.2, 0) is 6.42 Å². The van der Waals surface area contributed by atoms with Crippen LogP contribution in [0.4, 0.5) is 9.80 Å². The van der Waals surface area contributed by atoms with E-state index in [-0.39, 0.29) is 22.7 Å². The molecule has 2 aromatic rings. The molecule has 2 fully saturated rings. The number of rotatable bonds is 5. The van der Waals surface area contributed by atoms with Crippen LogP contribution in [0.3, 0.4) is 0 Å². The molecule has 0 spiro atoms. The van der Waals surface area contributed by atoms with Gasteiger partial charge in [-0.05, 0) is 66.3 Å². The van der Waals surface area contributed by atoms with Crippen LogP contribution in [0.15, 0.2) is 35.7 Å². The Kier molecular flexibility index (Phi) is 6.44. The average molecular weight is 453 g/mol. The first-order chi connectivity index (χ1) is 12.6. The van der Waals surface area contributed by atoms with Gasteiger partial charge in [-0.3, -0.25) is 4.90 Å². The number of anilines is 1. The third-order valence-electron chi connectivity index (χ3n) is 5.52. The van der Waals surface area contributed by atoms with Gasteiger partial charge in [0.05, 0.1) is 0 Å². The van der Waals surface area contributed by atoms with E-state index < -0.39 is 6.09 Å². The van der Waals surface area contributed by atoms with Crippen LogP contribution in [0.25, 0.3) is 0 Å². The first-order valence-corrected chi connectivity index (χ1v) is 10.1. The van der Waals surface area contributed by atoms with E-state index in [9.17, 15) is 15.0 Å². The molecule has 5 nitrogen and oxygen atoms in total. The molecule has 2 aliphatic rings. The van der Waals surface area contributed by atoms with E-state index in [1.54, 1.807) is 12.1 Å².